The van der Waals surface area contributed by atoms with Crippen LogP contribution in [-0.4, -0.2) is 117 Å². The number of aliphatic hydroxyl groups excluding tert-OH is 7. The van der Waals surface area contributed by atoms with Crippen LogP contribution in [0.3, 0.4) is 0 Å². The zero-order valence-electron chi connectivity index (χ0n) is 22.3. The van der Waals surface area contributed by atoms with Crippen molar-refractivity contribution in [1.82, 2.24) is 0 Å². The maximum Gasteiger partial charge on any atom is 0.229 e. The molecule has 14 nitrogen and oxygen atoms in total. The number of aliphatic hydroxyl groups is 7. The van der Waals surface area contributed by atoms with Crippen molar-refractivity contribution in [3.8, 4) is 22.6 Å². The second-order valence-corrected chi connectivity index (χ2v) is 9.99. The summed E-state index contributed by atoms with van der Waals surface area (Å²) in [5.74, 6) is 0.723. The Hall–Kier alpha value is -3.15. The molecular weight excluding hydrogens is 560 g/mol. The molecule has 0 saturated carbocycles. The Morgan fingerprint density at radius 1 is 0.762 bits per heavy atom. The molecule has 228 valence electrons. The second-order valence-electron chi connectivity index (χ2n) is 9.99. The molecule has 0 amide bonds. The third-order valence-corrected chi connectivity index (χ3v) is 7.36. The van der Waals surface area contributed by atoms with Gasteiger partial charge in [-0.15, -0.1) is 0 Å². The van der Waals surface area contributed by atoms with E-state index < -0.39 is 74.6 Å². The van der Waals surface area contributed by atoms with Gasteiger partial charge in [-0.1, -0.05) is 12.1 Å². The topological polar surface area (TPSA) is 218 Å². The van der Waals surface area contributed by atoms with Crippen molar-refractivity contribution in [2.45, 2.75) is 61.4 Å². The third-order valence-electron chi connectivity index (χ3n) is 7.36. The Balaban J connectivity index is 1.41. The fraction of sp³-hybridized carbons (Fsp3) is 0.464. The van der Waals surface area contributed by atoms with Gasteiger partial charge in [-0.2, -0.15) is 0 Å². The van der Waals surface area contributed by atoms with Gasteiger partial charge in [-0.3, -0.25) is 4.79 Å². The maximum atomic E-state index is 13.2. The largest absolute Gasteiger partial charge is 0.497 e. The zero-order chi connectivity index (χ0) is 30.1. The van der Waals surface area contributed by atoms with Gasteiger partial charge < -0.3 is 63.8 Å². The first kappa shape index (κ1) is 30.3. The molecule has 10 atom stereocenters. The van der Waals surface area contributed by atoms with Crippen LogP contribution in [0.25, 0.3) is 22.1 Å². The Labute approximate surface area is 238 Å². The van der Waals surface area contributed by atoms with Gasteiger partial charge in [0.2, 0.25) is 6.29 Å². The summed E-state index contributed by atoms with van der Waals surface area (Å²) in [6.45, 7) is -1.41. The maximum absolute atomic E-state index is 13.2. The molecule has 0 unspecified atom stereocenters. The smallest absolute Gasteiger partial charge is 0.229 e. The Bertz CT molecular complexity index is 1410. The first-order valence-corrected chi connectivity index (χ1v) is 13.1. The van der Waals surface area contributed by atoms with Crippen LogP contribution in [0.15, 0.2) is 57.9 Å². The van der Waals surface area contributed by atoms with Crippen LogP contribution in [0, 0.1) is 0 Å². The molecule has 1 aromatic heterocycles. The number of hydrogen-bond donors (Lipinski definition) is 7. The van der Waals surface area contributed by atoms with E-state index in [0.717, 1.165) is 0 Å². The van der Waals surface area contributed by atoms with Gasteiger partial charge in [0.05, 0.1) is 31.3 Å². The molecule has 3 aromatic rings. The SMILES string of the molecule is COc1ccc(-c2coc3cc(O[C@@H]4O[C@H](CO)[C@@H](O)[C@H](O)[C@H]4O[C@@H]4O[C@H](CO)[C@@H](O)[C@H](O)[C@H]4O)ccc3c2=O)cc1. The third kappa shape index (κ3) is 5.74. The lowest BCUT2D eigenvalue weighted by atomic mass is 9.97. The first-order chi connectivity index (χ1) is 20.2. The van der Waals surface area contributed by atoms with E-state index in [-0.39, 0.29) is 22.1 Å². The molecule has 14 heteroatoms. The van der Waals surface area contributed by atoms with E-state index in [2.05, 4.69) is 0 Å². The molecule has 7 N–H and O–H groups in total. The summed E-state index contributed by atoms with van der Waals surface area (Å²) < 4.78 is 33.4. The number of hydrogen-bond acceptors (Lipinski definition) is 14. The van der Waals surface area contributed by atoms with Gasteiger partial charge in [0.1, 0.15) is 66.1 Å². The van der Waals surface area contributed by atoms with Crippen LogP contribution in [0.1, 0.15) is 0 Å². The molecule has 3 heterocycles. The molecule has 2 aliphatic rings. The monoisotopic (exact) mass is 592 g/mol. The molecule has 2 saturated heterocycles. The molecule has 0 aliphatic carbocycles. The Morgan fingerprint density at radius 2 is 1.38 bits per heavy atom. The van der Waals surface area contributed by atoms with Crippen LogP contribution >= 0.6 is 0 Å². The summed E-state index contributed by atoms with van der Waals surface area (Å²) >= 11 is 0. The normalized spacial score (nSPS) is 33.4. The van der Waals surface area contributed by atoms with Crippen LogP contribution < -0.4 is 14.9 Å². The molecule has 2 aliphatic heterocycles. The minimum absolute atomic E-state index is 0.0931. The molecule has 0 radical (unpaired) electrons. The Kier molecular flexibility index (Phi) is 9.10. The lowest BCUT2D eigenvalue weighted by molar-refractivity contribution is -0.357. The lowest BCUT2D eigenvalue weighted by Gasteiger charge is -2.45. The highest BCUT2D eigenvalue weighted by Gasteiger charge is 2.51. The molecule has 2 aromatic carbocycles. The molecule has 2 fully saturated rings. The summed E-state index contributed by atoms with van der Waals surface area (Å²) in [6, 6.07) is 11.2. The van der Waals surface area contributed by atoms with Crippen molar-refractivity contribution >= 4 is 11.0 Å². The molecule has 42 heavy (non-hydrogen) atoms. The van der Waals surface area contributed by atoms with Gasteiger partial charge in [-0.05, 0) is 29.8 Å². The number of rotatable bonds is 8. The molecule has 0 spiro atoms. The van der Waals surface area contributed by atoms with E-state index in [9.17, 15) is 40.5 Å². The summed E-state index contributed by atoms with van der Waals surface area (Å²) in [5, 5.41) is 71.2. The molecule has 5 rings (SSSR count). The quantitative estimate of drug-likeness (QED) is 0.158. The van der Waals surface area contributed by atoms with Crippen molar-refractivity contribution in [1.29, 1.82) is 0 Å². The van der Waals surface area contributed by atoms with Crippen molar-refractivity contribution in [3.63, 3.8) is 0 Å². The van der Waals surface area contributed by atoms with E-state index in [1.165, 1.54) is 31.6 Å². The van der Waals surface area contributed by atoms with Gasteiger partial charge >= 0.3 is 0 Å². The van der Waals surface area contributed by atoms with Crippen molar-refractivity contribution in [2.75, 3.05) is 20.3 Å². The summed E-state index contributed by atoms with van der Waals surface area (Å²) in [6.07, 6.45) is -14.6. The van der Waals surface area contributed by atoms with E-state index in [4.69, 9.17) is 28.1 Å². The highest BCUT2D eigenvalue weighted by Crippen LogP contribution is 2.32. The van der Waals surface area contributed by atoms with Gasteiger partial charge in [0.15, 0.2) is 17.8 Å². The minimum Gasteiger partial charge on any atom is -0.497 e. The van der Waals surface area contributed by atoms with Gasteiger partial charge in [0, 0.05) is 6.07 Å². The Morgan fingerprint density at radius 3 is 2.02 bits per heavy atom. The van der Waals surface area contributed by atoms with E-state index >= 15 is 0 Å². The van der Waals surface area contributed by atoms with Crippen LogP contribution in [0.4, 0.5) is 0 Å². The second kappa shape index (κ2) is 12.6. The van der Waals surface area contributed by atoms with Crippen molar-refractivity contribution in [3.05, 3.63) is 59.0 Å². The number of benzene rings is 2. The highest BCUT2D eigenvalue weighted by atomic mass is 16.8. The van der Waals surface area contributed by atoms with Gasteiger partial charge in [0.25, 0.3) is 0 Å². The minimum atomic E-state index is -1.81. The fourth-order valence-electron chi connectivity index (χ4n) is 4.92. The predicted octanol–water partition coefficient (Wildman–Crippen LogP) is -1.53. The van der Waals surface area contributed by atoms with E-state index in [1.54, 1.807) is 24.3 Å². The lowest BCUT2D eigenvalue weighted by Crippen LogP contribution is -2.65. The van der Waals surface area contributed by atoms with Gasteiger partial charge in [-0.25, -0.2) is 0 Å². The van der Waals surface area contributed by atoms with E-state index in [1.807, 2.05) is 0 Å². The van der Waals surface area contributed by atoms with Crippen molar-refractivity contribution in [2.24, 2.45) is 0 Å². The predicted molar refractivity (Wildman–Crippen MR) is 142 cm³/mol. The van der Waals surface area contributed by atoms with E-state index in [0.29, 0.717) is 16.9 Å². The summed E-state index contributed by atoms with van der Waals surface area (Å²) in [5.41, 5.74) is 0.810. The summed E-state index contributed by atoms with van der Waals surface area (Å²) in [7, 11) is 1.54. The molecule has 0 bridgehead atoms. The van der Waals surface area contributed by atoms with Crippen LogP contribution in [0.5, 0.6) is 11.5 Å². The molecular formula is C28H32O14. The van der Waals surface area contributed by atoms with Crippen molar-refractivity contribution < 1.29 is 63.8 Å². The summed E-state index contributed by atoms with van der Waals surface area (Å²) in [4.78, 5) is 13.2. The number of ether oxygens (including phenoxy) is 5. The number of methoxy groups -OCH3 is 1. The highest BCUT2D eigenvalue weighted by molar-refractivity contribution is 5.82. The van der Waals surface area contributed by atoms with Crippen LogP contribution in [-0.2, 0) is 14.2 Å². The first-order valence-electron chi connectivity index (χ1n) is 13.1. The number of fused-ring (bicyclic) bond motifs is 1. The average Bonchev–Trinajstić information content (AvgIpc) is 3.01. The zero-order valence-corrected chi connectivity index (χ0v) is 22.3. The average molecular weight is 593 g/mol. The fourth-order valence-corrected chi connectivity index (χ4v) is 4.92. The van der Waals surface area contributed by atoms with Crippen LogP contribution in [0.2, 0.25) is 0 Å². The standard InChI is InChI=1S/C28H32O14/c1-37-13-4-2-12(3-5-13)16-11-38-17-8-14(6-7-15(17)20(16)31)39-28-26(24(35)22(33)19(10-30)41-28)42-27-25(36)23(34)21(32)18(9-29)40-27/h2-8,11,18-19,21-30,32-36H,9-10H2,1H3/t18-,19-,21-,22-,23+,24+,25-,26-,27+,28-/m1/s1.